The summed E-state index contributed by atoms with van der Waals surface area (Å²) in [5.41, 5.74) is 2.46. The van der Waals surface area contributed by atoms with Crippen LogP contribution in [0.4, 0.5) is 0 Å². The molecule has 1 N–H and O–H groups in total. The molecule has 0 bridgehead atoms. The van der Waals surface area contributed by atoms with E-state index in [4.69, 9.17) is 0 Å². The lowest BCUT2D eigenvalue weighted by Gasteiger charge is -2.34. The predicted molar refractivity (Wildman–Crippen MR) is 87.4 cm³/mol. The van der Waals surface area contributed by atoms with Crippen LogP contribution in [0.1, 0.15) is 44.2 Å². The molecule has 3 heteroatoms. The van der Waals surface area contributed by atoms with Crippen molar-refractivity contribution in [2.45, 2.75) is 52.0 Å². The maximum absolute atomic E-state index is 12.7. The van der Waals surface area contributed by atoms with E-state index in [1.165, 1.54) is 5.56 Å². The van der Waals surface area contributed by atoms with Crippen LogP contribution < -0.4 is 5.32 Å². The first kappa shape index (κ1) is 16.0. The number of carbonyl (C=O) groups excluding carboxylic acids is 1. The van der Waals surface area contributed by atoms with Gasteiger partial charge in [0, 0.05) is 12.6 Å². The fourth-order valence-electron chi connectivity index (χ4n) is 3.04. The number of carbonyl (C=O) groups is 1. The van der Waals surface area contributed by atoms with Gasteiger partial charge in [-0.25, -0.2) is 0 Å². The van der Waals surface area contributed by atoms with E-state index in [1.807, 2.05) is 0 Å². The molecule has 0 unspecified atom stereocenters. The first-order chi connectivity index (χ1) is 10.2. The Bertz CT molecular complexity index is 435. The fraction of sp³-hybridized carbons (Fsp3) is 0.611. The van der Waals surface area contributed by atoms with E-state index in [1.54, 1.807) is 0 Å². The molecule has 0 atom stereocenters. The largest absolute Gasteiger partial charge is 0.339 e. The van der Waals surface area contributed by atoms with Gasteiger partial charge >= 0.3 is 0 Å². The van der Waals surface area contributed by atoms with E-state index in [2.05, 4.69) is 48.3 Å². The van der Waals surface area contributed by atoms with Crippen molar-refractivity contribution in [3.8, 4) is 0 Å². The number of nitrogens with zero attached hydrogens (tertiary/aromatic N) is 1. The van der Waals surface area contributed by atoms with Gasteiger partial charge in [0.1, 0.15) is 0 Å². The van der Waals surface area contributed by atoms with E-state index in [9.17, 15) is 4.79 Å². The normalized spacial score (nSPS) is 15.9. The molecule has 116 valence electrons. The molecule has 0 spiro atoms. The summed E-state index contributed by atoms with van der Waals surface area (Å²) in [6, 6.07) is 8.90. The highest BCUT2D eigenvalue weighted by Crippen LogP contribution is 2.15. The molecule has 0 saturated carbocycles. The van der Waals surface area contributed by atoms with E-state index >= 15 is 0 Å². The van der Waals surface area contributed by atoms with Crippen molar-refractivity contribution < 1.29 is 4.79 Å². The van der Waals surface area contributed by atoms with Crippen molar-refractivity contribution in [2.75, 3.05) is 19.6 Å². The minimum Gasteiger partial charge on any atom is -0.339 e. The zero-order chi connectivity index (χ0) is 15.1. The van der Waals surface area contributed by atoms with Gasteiger partial charge in [-0.1, -0.05) is 38.1 Å². The minimum absolute atomic E-state index is 0.285. The lowest BCUT2D eigenvalue weighted by atomic mass is 10.0. The SMILES string of the molecule is CCCN(C(=O)Cc1ccc(CC)cc1)C1CCNCC1. The number of nitrogens with one attached hydrogen (secondary N) is 1. The minimum atomic E-state index is 0.285. The van der Waals surface area contributed by atoms with Crippen molar-refractivity contribution in [3.63, 3.8) is 0 Å². The van der Waals surface area contributed by atoms with Gasteiger partial charge in [0.15, 0.2) is 0 Å². The number of benzene rings is 1. The quantitative estimate of drug-likeness (QED) is 0.873. The van der Waals surface area contributed by atoms with Crippen LogP contribution in [-0.2, 0) is 17.6 Å². The summed E-state index contributed by atoms with van der Waals surface area (Å²) in [5, 5.41) is 3.38. The van der Waals surface area contributed by atoms with Gasteiger partial charge in [-0.3, -0.25) is 4.79 Å². The average Bonchev–Trinajstić information content (AvgIpc) is 2.54. The summed E-state index contributed by atoms with van der Waals surface area (Å²) >= 11 is 0. The van der Waals surface area contributed by atoms with Crippen molar-refractivity contribution in [1.82, 2.24) is 10.2 Å². The summed E-state index contributed by atoms with van der Waals surface area (Å²) in [4.78, 5) is 14.8. The monoisotopic (exact) mass is 288 g/mol. The second kappa shape index (κ2) is 8.18. The van der Waals surface area contributed by atoms with Crippen LogP contribution in [0, 0.1) is 0 Å². The van der Waals surface area contributed by atoms with Crippen LogP contribution in [0.2, 0.25) is 0 Å². The van der Waals surface area contributed by atoms with E-state index in [0.29, 0.717) is 12.5 Å². The first-order valence-corrected chi connectivity index (χ1v) is 8.32. The molecule has 2 rings (SSSR count). The van der Waals surface area contributed by atoms with E-state index in [0.717, 1.165) is 50.9 Å². The lowest BCUT2D eigenvalue weighted by molar-refractivity contribution is -0.133. The van der Waals surface area contributed by atoms with Crippen molar-refractivity contribution in [2.24, 2.45) is 0 Å². The maximum Gasteiger partial charge on any atom is 0.227 e. The lowest BCUT2D eigenvalue weighted by Crippen LogP contribution is -2.47. The Balaban J connectivity index is 1.99. The topological polar surface area (TPSA) is 32.3 Å². The smallest absolute Gasteiger partial charge is 0.227 e. The van der Waals surface area contributed by atoms with Crippen molar-refractivity contribution in [1.29, 1.82) is 0 Å². The molecule has 1 fully saturated rings. The van der Waals surface area contributed by atoms with Gasteiger partial charge in [-0.15, -0.1) is 0 Å². The zero-order valence-corrected chi connectivity index (χ0v) is 13.4. The van der Waals surface area contributed by atoms with E-state index in [-0.39, 0.29) is 5.91 Å². The summed E-state index contributed by atoms with van der Waals surface area (Å²) in [5.74, 6) is 0.285. The van der Waals surface area contributed by atoms with Gasteiger partial charge in [0.25, 0.3) is 0 Å². The number of amides is 1. The molecule has 1 heterocycles. The standard InChI is InChI=1S/C18H28N2O/c1-3-13-20(17-9-11-19-12-10-17)18(21)14-16-7-5-15(4-2)6-8-16/h5-8,17,19H,3-4,9-14H2,1-2H3. The Hall–Kier alpha value is -1.35. The molecule has 1 aromatic rings. The third kappa shape index (κ3) is 4.57. The highest BCUT2D eigenvalue weighted by atomic mass is 16.2. The predicted octanol–water partition coefficient (Wildman–Crippen LogP) is 2.78. The second-order valence-corrected chi connectivity index (χ2v) is 5.92. The number of hydrogen-bond acceptors (Lipinski definition) is 2. The molecular formula is C18H28N2O. The fourth-order valence-corrected chi connectivity index (χ4v) is 3.04. The van der Waals surface area contributed by atoms with Crippen LogP contribution in [0.15, 0.2) is 24.3 Å². The van der Waals surface area contributed by atoms with Crippen molar-refractivity contribution >= 4 is 5.91 Å². The number of rotatable bonds is 6. The van der Waals surface area contributed by atoms with Gasteiger partial charge < -0.3 is 10.2 Å². The van der Waals surface area contributed by atoms with Crippen LogP contribution >= 0.6 is 0 Å². The third-order valence-corrected chi connectivity index (χ3v) is 4.32. The third-order valence-electron chi connectivity index (χ3n) is 4.32. The Kier molecular flexibility index (Phi) is 6.24. The average molecular weight is 288 g/mol. The maximum atomic E-state index is 12.7. The molecule has 1 aliphatic heterocycles. The molecule has 21 heavy (non-hydrogen) atoms. The Morgan fingerprint density at radius 2 is 1.76 bits per heavy atom. The molecule has 1 aromatic carbocycles. The number of aryl methyl sites for hydroxylation is 1. The molecule has 0 aliphatic carbocycles. The van der Waals surface area contributed by atoms with Gasteiger partial charge in [-0.05, 0) is 49.9 Å². The molecule has 1 aliphatic rings. The van der Waals surface area contributed by atoms with Gasteiger partial charge in [0.05, 0.1) is 6.42 Å². The van der Waals surface area contributed by atoms with Crippen LogP contribution in [0.25, 0.3) is 0 Å². The number of piperidine rings is 1. The Labute approximate surface area is 128 Å². The summed E-state index contributed by atoms with van der Waals surface area (Å²) in [7, 11) is 0. The van der Waals surface area contributed by atoms with Crippen LogP contribution in [-0.4, -0.2) is 36.5 Å². The summed E-state index contributed by atoms with van der Waals surface area (Å²) < 4.78 is 0. The molecule has 0 radical (unpaired) electrons. The summed E-state index contributed by atoms with van der Waals surface area (Å²) in [6.07, 6.45) is 4.78. The summed E-state index contributed by atoms with van der Waals surface area (Å²) in [6.45, 7) is 7.25. The molecule has 3 nitrogen and oxygen atoms in total. The molecule has 1 saturated heterocycles. The second-order valence-electron chi connectivity index (χ2n) is 5.92. The number of hydrogen-bond donors (Lipinski definition) is 1. The van der Waals surface area contributed by atoms with Gasteiger partial charge in [-0.2, -0.15) is 0 Å². The van der Waals surface area contributed by atoms with Crippen LogP contribution in [0.5, 0.6) is 0 Å². The van der Waals surface area contributed by atoms with E-state index < -0.39 is 0 Å². The first-order valence-electron chi connectivity index (χ1n) is 8.32. The zero-order valence-electron chi connectivity index (χ0n) is 13.4. The molecule has 1 amide bonds. The molecule has 0 aromatic heterocycles. The highest BCUT2D eigenvalue weighted by Gasteiger charge is 2.24. The highest BCUT2D eigenvalue weighted by molar-refractivity contribution is 5.79. The van der Waals surface area contributed by atoms with Gasteiger partial charge in [0.2, 0.25) is 5.91 Å². The van der Waals surface area contributed by atoms with Crippen LogP contribution in [0.3, 0.4) is 0 Å². The van der Waals surface area contributed by atoms with Crippen molar-refractivity contribution in [3.05, 3.63) is 35.4 Å². The molecular weight excluding hydrogens is 260 g/mol. The Morgan fingerprint density at radius 3 is 2.33 bits per heavy atom. The Morgan fingerprint density at radius 1 is 1.14 bits per heavy atom.